The van der Waals surface area contributed by atoms with E-state index in [-0.39, 0.29) is 52.5 Å². The molecule has 0 aliphatic carbocycles. The van der Waals surface area contributed by atoms with Crippen LogP contribution in [0.3, 0.4) is 0 Å². The normalized spacial score (nSPS) is 10.0. The molecule has 12 nitrogen and oxygen atoms in total. The third kappa shape index (κ3) is 78.9. The first-order valence-corrected chi connectivity index (χ1v) is 36.5. The molecule has 0 radical (unpaired) electrons. The van der Waals surface area contributed by atoms with Crippen LogP contribution < -0.4 is 0 Å². The Morgan fingerprint density at radius 2 is 0.247 bits per heavy atom. The summed E-state index contributed by atoms with van der Waals surface area (Å²) in [5, 5.41) is -1.10. The van der Waals surface area contributed by atoms with E-state index in [0.717, 1.165) is 156 Å². The van der Waals surface area contributed by atoms with E-state index in [4.69, 9.17) is 0 Å². The van der Waals surface area contributed by atoms with Crippen molar-refractivity contribution in [2.45, 2.75) is 314 Å². The first-order valence-electron chi connectivity index (χ1n) is 34.1. The molecule has 19 heteroatoms. The smallest absolute Gasteiger partial charge is 0.101 e. The van der Waals surface area contributed by atoms with Crippen molar-refractivity contribution in [3.63, 3.8) is 0 Å². The average molecular weight is 1390 g/mol. The molecule has 510 valence electrons. The molecule has 0 N–H and O–H groups in total. The summed E-state index contributed by atoms with van der Waals surface area (Å²) in [6.07, 6.45) is 41.6. The number of hydrogen-bond donors (Lipinski definition) is 0. The first-order chi connectivity index (χ1) is 40.3. The van der Waals surface area contributed by atoms with E-state index in [2.05, 4.69) is 159 Å². The standard InChI is InChI=1S/6C11H23NOS.Mo/c6*1-3-5-7-9-12(11(13)14)10-8-6-4-2;/h6*3-10H2,1-2H3,(H,13,14);/p-6. The predicted molar refractivity (Wildman–Crippen MR) is 380 cm³/mol. The molecule has 0 aliphatic heterocycles. The largest absolute Gasteiger partial charge is 0.719 e. The molecular weight excluding hydrogens is 1260 g/mol. The van der Waals surface area contributed by atoms with Gasteiger partial charge in [0.2, 0.25) is 0 Å². The van der Waals surface area contributed by atoms with Gasteiger partial charge in [-0.3, -0.25) is 0 Å². The molecule has 0 atom stereocenters. The third-order valence-electron chi connectivity index (χ3n) is 13.9. The Bertz CT molecular complexity index is 1110. The van der Waals surface area contributed by atoms with Gasteiger partial charge >= 0.3 is 0 Å². The zero-order chi connectivity index (χ0) is 64.9. The van der Waals surface area contributed by atoms with E-state index < -0.39 is 0 Å². The Labute approximate surface area is 574 Å². The second kappa shape index (κ2) is 80.8. The molecule has 0 bridgehead atoms. The SMILES string of the molecule is CCCCCN(CCCCC)C(=O)[S-].CCCCCN(CCCCC)C(=O)[S-].CCCCCN(CCCCC)C(=O)[S-].CCCCCN(CCCCC)C(=O)[S-].CCCCCN(CCCCC)C(=O)[S-].CCCCCN(CCCCC)C(=O)[S-].[Mo]. The van der Waals surface area contributed by atoms with Crippen LogP contribution in [0.5, 0.6) is 0 Å². The summed E-state index contributed by atoms with van der Waals surface area (Å²) in [5.74, 6) is 0. The van der Waals surface area contributed by atoms with Gasteiger partial charge in [-0.25, -0.2) is 0 Å². The molecule has 0 rings (SSSR count). The summed E-state index contributed by atoms with van der Waals surface area (Å²) >= 11 is 28.1. The molecule has 0 aliphatic rings. The summed E-state index contributed by atoms with van der Waals surface area (Å²) in [6.45, 7) is 36.1. The second-order valence-corrected chi connectivity index (χ2v) is 24.1. The first kappa shape index (κ1) is 97.4. The number of carbonyl (C=O) groups is 6. The molecule has 0 unspecified atom stereocenters. The Morgan fingerprint density at radius 3 is 0.294 bits per heavy atom. The van der Waals surface area contributed by atoms with Gasteiger partial charge in [0.05, 0.1) is 0 Å². The fraction of sp³-hybridized carbons (Fsp3) is 0.909. The second-order valence-electron chi connectivity index (χ2n) is 22.0. The monoisotopic (exact) mass is 1390 g/mol. The molecular formula is C66H132MoN6O6S6-6. The molecule has 6 amide bonds. The van der Waals surface area contributed by atoms with Crippen molar-refractivity contribution < 1.29 is 49.8 Å². The number of carbonyl (C=O) groups excluding carboxylic acids is 6. The van der Waals surface area contributed by atoms with Crippen molar-refractivity contribution in [3.05, 3.63) is 0 Å². The van der Waals surface area contributed by atoms with Crippen molar-refractivity contribution in [1.29, 1.82) is 0 Å². The molecule has 0 aromatic heterocycles. The fourth-order valence-corrected chi connectivity index (χ4v) is 9.49. The summed E-state index contributed by atoms with van der Waals surface area (Å²) in [4.78, 5) is 77.3. The van der Waals surface area contributed by atoms with Crippen molar-refractivity contribution in [3.8, 4) is 0 Å². The van der Waals surface area contributed by atoms with Crippen LogP contribution in [0.2, 0.25) is 0 Å². The Morgan fingerprint density at radius 1 is 0.176 bits per heavy atom. The molecule has 0 aromatic carbocycles. The van der Waals surface area contributed by atoms with Crippen LogP contribution in [0, 0.1) is 0 Å². The summed E-state index contributed by atoms with van der Waals surface area (Å²) in [5.41, 5.74) is 0. The van der Waals surface area contributed by atoms with E-state index in [1.54, 1.807) is 29.4 Å². The number of rotatable bonds is 48. The molecule has 0 heterocycles. The maximum atomic E-state index is 11.1. The van der Waals surface area contributed by atoms with Crippen LogP contribution in [0.25, 0.3) is 0 Å². The molecule has 85 heavy (non-hydrogen) atoms. The topological polar surface area (TPSA) is 122 Å². The fourth-order valence-electron chi connectivity index (χ4n) is 8.40. The van der Waals surface area contributed by atoms with Gasteiger partial charge in [0.15, 0.2) is 0 Å². The minimum atomic E-state index is -0.183. The summed E-state index contributed by atoms with van der Waals surface area (Å²) < 4.78 is 0. The third-order valence-corrected chi connectivity index (χ3v) is 15.5. The van der Waals surface area contributed by atoms with Crippen molar-refractivity contribution in [2.75, 3.05) is 78.5 Å². The zero-order valence-corrected chi connectivity index (χ0v) is 63.8. The molecule has 0 saturated carbocycles. The Kier molecular flexibility index (Phi) is 92.7. The van der Waals surface area contributed by atoms with Gasteiger partial charge in [-0.2, -0.15) is 0 Å². The Balaban J connectivity index is -0.000000171. The van der Waals surface area contributed by atoms with Gasteiger partial charge in [-0.05, 0) is 77.0 Å². The van der Waals surface area contributed by atoms with Gasteiger partial charge in [-0.1, -0.05) is 237 Å². The van der Waals surface area contributed by atoms with Gasteiger partial charge in [0.1, 0.15) is 31.4 Å². The van der Waals surface area contributed by atoms with Crippen molar-refractivity contribution in [1.82, 2.24) is 29.4 Å². The van der Waals surface area contributed by atoms with E-state index in [1.807, 2.05) is 0 Å². The Hall–Kier alpha value is -1.17. The number of unbranched alkanes of at least 4 members (excludes halogenated alkanes) is 24. The van der Waals surface area contributed by atoms with E-state index in [1.165, 1.54) is 154 Å². The van der Waals surface area contributed by atoms with E-state index >= 15 is 0 Å². The van der Waals surface area contributed by atoms with E-state index in [9.17, 15) is 28.8 Å². The molecule has 0 spiro atoms. The van der Waals surface area contributed by atoms with Crippen LogP contribution in [0.4, 0.5) is 28.8 Å². The van der Waals surface area contributed by atoms with Gasteiger partial charge in [0.25, 0.3) is 0 Å². The minimum Gasteiger partial charge on any atom is -0.719 e. The predicted octanol–water partition coefficient (Wildman–Crippen LogP) is 20.0. The molecule has 0 aromatic rings. The molecule has 0 fully saturated rings. The zero-order valence-electron chi connectivity index (χ0n) is 56.9. The average Bonchev–Trinajstić information content (AvgIpc) is 3.45. The van der Waals surface area contributed by atoms with Gasteiger partial charge in [-0.15, -0.1) is 0 Å². The summed E-state index contributed by atoms with van der Waals surface area (Å²) in [6, 6.07) is 0. The maximum Gasteiger partial charge on any atom is 0.101 e. The van der Waals surface area contributed by atoms with E-state index in [0.29, 0.717) is 0 Å². The van der Waals surface area contributed by atoms with Crippen LogP contribution in [0.1, 0.15) is 314 Å². The summed E-state index contributed by atoms with van der Waals surface area (Å²) in [7, 11) is 0. The molecule has 0 saturated heterocycles. The van der Waals surface area contributed by atoms with Crippen molar-refractivity contribution >= 4 is 107 Å². The van der Waals surface area contributed by atoms with Crippen LogP contribution in [0.15, 0.2) is 0 Å². The van der Waals surface area contributed by atoms with Crippen LogP contribution >= 0.6 is 0 Å². The van der Waals surface area contributed by atoms with Crippen LogP contribution in [-0.2, 0) is 96.8 Å². The number of hydrogen-bond acceptors (Lipinski definition) is 12. The number of nitrogens with zero attached hydrogens (tertiary/aromatic N) is 6. The van der Waals surface area contributed by atoms with Crippen molar-refractivity contribution in [2.24, 2.45) is 0 Å². The van der Waals surface area contributed by atoms with Crippen LogP contribution in [-0.4, -0.2) is 139 Å². The number of amides is 6. The quantitative estimate of drug-likeness (QED) is 0.0327. The van der Waals surface area contributed by atoms with Gasteiger partial charge < -0.3 is 134 Å². The van der Waals surface area contributed by atoms with Gasteiger partial charge in [0, 0.05) is 99.6 Å². The minimum absolute atomic E-state index is 0. The maximum absolute atomic E-state index is 11.1.